The molecule has 1 saturated carbocycles. The van der Waals surface area contributed by atoms with Gasteiger partial charge < -0.3 is 16.0 Å². The maximum atomic E-state index is 12.8. The van der Waals surface area contributed by atoms with Gasteiger partial charge in [0.1, 0.15) is 0 Å². The van der Waals surface area contributed by atoms with Gasteiger partial charge in [-0.3, -0.25) is 9.59 Å². The van der Waals surface area contributed by atoms with E-state index in [9.17, 15) is 9.59 Å². The highest BCUT2D eigenvalue weighted by atomic mass is 16.2. The number of primary amides is 1. The first-order valence-corrected chi connectivity index (χ1v) is 7.82. The van der Waals surface area contributed by atoms with Crippen LogP contribution in [0.15, 0.2) is 24.3 Å². The second-order valence-electron chi connectivity index (χ2n) is 6.91. The minimum absolute atomic E-state index is 0.0804. The van der Waals surface area contributed by atoms with Gasteiger partial charge in [-0.05, 0) is 43.9 Å². The van der Waals surface area contributed by atoms with E-state index in [1.807, 2.05) is 17.0 Å². The molecule has 3 rings (SSSR count). The predicted molar refractivity (Wildman–Crippen MR) is 84.5 cm³/mol. The summed E-state index contributed by atoms with van der Waals surface area (Å²) in [7, 11) is 0. The number of nitrogens with one attached hydrogen (secondary N) is 1. The molecule has 3 N–H and O–H groups in total. The molecule has 2 fully saturated rings. The Morgan fingerprint density at radius 3 is 2.55 bits per heavy atom. The van der Waals surface area contributed by atoms with Crippen LogP contribution in [0, 0.1) is 5.92 Å². The molecule has 2 amide bonds. The molecule has 5 nitrogen and oxygen atoms in total. The van der Waals surface area contributed by atoms with Crippen LogP contribution in [-0.2, 0) is 4.79 Å². The summed E-state index contributed by atoms with van der Waals surface area (Å²) in [5, 5.41) is 3.34. The summed E-state index contributed by atoms with van der Waals surface area (Å²) in [5.74, 6) is 0.199. The standard InChI is InChI=1S/C17H23N3O2/c1-17(2)10-19-7-8-20(17)16(22)14-9-13(14)11-3-5-12(6-4-11)15(18)21/h3-6,13-14,19H,7-10H2,1-2H3,(H2,18,21)/t13-,14+/m1/s1. The van der Waals surface area contributed by atoms with Crippen LogP contribution in [0.5, 0.6) is 0 Å². The molecular weight excluding hydrogens is 278 g/mol. The third-order valence-electron chi connectivity index (χ3n) is 4.80. The molecule has 22 heavy (non-hydrogen) atoms. The van der Waals surface area contributed by atoms with Crippen molar-refractivity contribution in [1.29, 1.82) is 0 Å². The Labute approximate surface area is 130 Å². The van der Waals surface area contributed by atoms with Crippen LogP contribution in [0.25, 0.3) is 0 Å². The summed E-state index contributed by atoms with van der Waals surface area (Å²) < 4.78 is 0. The van der Waals surface area contributed by atoms with Crippen molar-refractivity contribution in [3.05, 3.63) is 35.4 Å². The van der Waals surface area contributed by atoms with Gasteiger partial charge in [-0.1, -0.05) is 12.1 Å². The Morgan fingerprint density at radius 1 is 1.27 bits per heavy atom. The van der Waals surface area contributed by atoms with Crippen LogP contribution in [0.4, 0.5) is 0 Å². The predicted octanol–water partition coefficient (Wildman–Crippen LogP) is 1.10. The number of piperazine rings is 1. The number of hydrogen-bond donors (Lipinski definition) is 2. The zero-order valence-corrected chi connectivity index (χ0v) is 13.1. The molecule has 2 aliphatic rings. The van der Waals surface area contributed by atoms with Crippen molar-refractivity contribution < 1.29 is 9.59 Å². The van der Waals surface area contributed by atoms with Crippen LogP contribution in [-0.4, -0.2) is 41.9 Å². The van der Waals surface area contributed by atoms with Crippen molar-refractivity contribution >= 4 is 11.8 Å². The van der Waals surface area contributed by atoms with Crippen LogP contribution in [0.1, 0.15) is 42.1 Å². The number of amides is 2. The fourth-order valence-electron chi connectivity index (χ4n) is 3.32. The minimum atomic E-state index is -0.419. The third-order valence-corrected chi connectivity index (χ3v) is 4.80. The number of benzene rings is 1. The fraction of sp³-hybridized carbons (Fsp3) is 0.529. The molecule has 0 aromatic heterocycles. The fourth-order valence-corrected chi connectivity index (χ4v) is 3.32. The van der Waals surface area contributed by atoms with Crippen LogP contribution in [0.3, 0.4) is 0 Å². The summed E-state index contributed by atoms with van der Waals surface area (Å²) in [6, 6.07) is 7.32. The number of nitrogens with zero attached hydrogens (tertiary/aromatic N) is 1. The van der Waals surface area contributed by atoms with Gasteiger partial charge in [0.15, 0.2) is 0 Å². The molecule has 1 aromatic rings. The van der Waals surface area contributed by atoms with E-state index in [1.165, 1.54) is 0 Å². The molecule has 1 aromatic carbocycles. The maximum Gasteiger partial charge on any atom is 0.248 e. The zero-order chi connectivity index (χ0) is 15.9. The van der Waals surface area contributed by atoms with Crippen molar-refractivity contribution in [1.82, 2.24) is 10.2 Å². The first kappa shape index (κ1) is 15.0. The zero-order valence-electron chi connectivity index (χ0n) is 13.1. The molecule has 1 heterocycles. The van der Waals surface area contributed by atoms with Gasteiger partial charge >= 0.3 is 0 Å². The van der Waals surface area contributed by atoms with Gasteiger partial charge in [-0.2, -0.15) is 0 Å². The lowest BCUT2D eigenvalue weighted by Crippen LogP contribution is -2.60. The van der Waals surface area contributed by atoms with Crippen LogP contribution < -0.4 is 11.1 Å². The van der Waals surface area contributed by atoms with E-state index in [1.54, 1.807) is 12.1 Å². The van der Waals surface area contributed by atoms with Crippen LogP contribution >= 0.6 is 0 Å². The topological polar surface area (TPSA) is 75.4 Å². The van der Waals surface area contributed by atoms with Crippen LogP contribution in [0.2, 0.25) is 0 Å². The van der Waals surface area contributed by atoms with Gasteiger partial charge in [0.25, 0.3) is 0 Å². The smallest absolute Gasteiger partial charge is 0.248 e. The first-order valence-electron chi connectivity index (χ1n) is 7.82. The largest absolute Gasteiger partial charge is 0.366 e. The summed E-state index contributed by atoms with van der Waals surface area (Å²) in [6.45, 7) is 6.69. The van der Waals surface area contributed by atoms with E-state index >= 15 is 0 Å². The Morgan fingerprint density at radius 2 is 1.95 bits per heavy atom. The average Bonchev–Trinajstić information content (AvgIpc) is 3.27. The summed E-state index contributed by atoms with van der Waals surface area (Å²) in [6.07, 6.45) is 0.898. The Bertz CT molecular complexity index is 594. The molecule has 0 bridgehead atoms. The van der Waals surface area contributed by atoms with Gasteiger partial charge in [0.05, 0.1) is 0 Å². The van der Waals surface area contributed by atoms with E-state index < -0.39 is 5.91 Å². The second kappa shape index (κ2) is 5.39. The lowest BCUT2D eigenvalue weighted by molar-refractivity contribution is -0.139. The number of carbonyl (C=O) groups excluding carboxylic acids is 2. The minimum Gasteiger partial charge on any atom is -0.366 e. The molecule has 1 aliphatic carbocycles. The van der Waals surface area contributed by atoms with Crippen molar-refractivity contribution in [3.8, 4) is 0 Å². The third kappa shape index (κ3) is 2.73. The number of carbonyl (C=O) groups is 2. The summed E-state index contributed by atoms with van der Waals surface area (Å²) in [4.78, 5) is 25.9. The van der Waals surface area contributed by atoms with Crippen molar-refractivity contribution in [2.24, 2.45) is 11.7 Å². The molecule has 1 saturated heterocycles. The Balaban J connectivity index is 1.68. The normalized spacial score (nSPS) is 26.5. The Hall–Kier alpha value is -1.88. The van der Waals surface area contributed by atoms with Crippen molar-refractivity contribution in [3.63, 3.8) is 0 Å². The molecule has 5 heteroatoms. The van der Waals surface area contributed by atoms with Gasteiger partial charge in [-0.15, -0.1) is 0 Å². The van der Waals surface area contributed by atoms with Crippen molar-refractivity contribution in [2.45, 2.75) is 31.7 Å². The summed E-state index contributed by atoms with van der Waals surface area (Å²) >= 11 is 0. The van der Waals surface area contributed by atoms with E-state index in [0.717, 1.165) is 31.6 Å². The molecule has 2 atom stereocenters. The average molecular weight is 301 g/mol. The maximum absolute atomic E-state index is 12.8. The highest BCUT2D eigenvalue weighted by Crippen LogP contribution is 2.49. The molecule has 0 spiro atoms. The summed E-state index contributed by atoms with van der Waals surface area (Å²) in [5.41, 5.74) is 6.76. The van der Waals surface area contributed by atoms with Gasteiger partial charge in [0, 0.05) is 36.7 Å². The lowest BCUT2D eigenvalue weighted by Gasteiger charge is -2.43. The first-order chi connectivity index (χ1) is 10.4. The highest BCUT2D eigenvalue weighted by molar-refractivity contribution is 5.92. The molecule has 1 aliphatic heterocycles. The number of rotatable bonds is 3. The van der Waals surface area contributed by atoms with E-state index in [4.69, 9.17) is 5.73 Å². The molecule has 0 radical (unpaired) electrons. The molecular formula is C17H23N3O2. The van der Waals surface area contributed by atoms with Gasteiger partial charge in [0.2, 0.25) is 11.8 Å². The number of nitrogens with two attached hydrogens (primary N) is 1. The number of hydrogen-bond acceptors (Lipinski definition) is 3. The van der Waals surface area contributed by atoms with E-state index in [-0.39, 0.29) is 23.3 Å². The molecule has 0 unspecified atom stereocenters. The molecule has 118 valence electrons. The monoisotopic (exact) mass is 301 g/mol. The van der Waals surface area contributed by atoms with Gasteiger partial charge in [-0.25, -0.2) is 0 Å². The van der Waals surface area contributed by atoms with Crippen molar-refractivity contribution in [2.75, 3.05) is 19.6 Å². The second-order valence-corrected chi connectivity index (χ2v) is 6.91. The highest BCUT2D eigenvalue weighted by Gasteiger charge is 2.48. The van der Waals surface area contributed by atoms with E-state index in [0.29, 0.717) is 5.56 Å². The SMILES string of the molecule is CC1(C)CNCCN1C(=O)[C@H]1C[C@@H]1c1ccc(C(N)=O)cc1. The Kier molecular flexibility index (Phi) is 3.68. The van der Waals surface area contributed by atoms with E-state index in [2.05, 4.69) is 19.2 Å². The lowest BCUT2D eigenvalue weighted by atomic mass is 9.98. The quantitative estimate of drug-likeness (QED) is 0.878.